The van der Waals surface area contributed by atoms with Gasteiger partial charge in [-0.25, -0.2) is 14.3 Å². The van der Waals surface area contributed by atoms with Crippen LogP contribution < -0.4 is 5.32 Å². The highest BCUT2D eigenvalue weighted by atomic mass is 31.2. The molecule has 3 amide bonds. The molecule has 0 aromatic rings. The molecule has 6 N–H and O–H groups in total. The fraction of sp³-hybridized carbons (Fsp3) is 0.500. The molecule has 0 saturated carbocycles. The van der Waals surface area contributed by atoms with Crippen molar-refractivity contribution >= 4 is 37.3 Å². The number of aliphatic hydroxyl groups is 2. The number of phosphoric acid groups is 1. The van der Waals surface area contributed by atoms with Gasteiger partial charge in [0.05, 0.1) is 6.61 Å². The number of amides is 3. The average Bonchev–Trinajstić information content (AvgIpc) is 2.96. The number of guanidine groups is 1. The molecule has 25 heavy (non-hydrogen) atoms. The monoisotopic (exact) mass is 377 g/mol. The summed E-state index contributed by atoms with van der Waals surface area (Å²) in [6.45, 7) is -0.739. The van der Waals surface area contributed by atoms with Crippen molar-refractivity contribution in [3.8, 4) is 0 Å². The molecule has 4 atom stereocenters. The Labute approximate surface area is 138 Å². The molecule has 136 valence electrons. The van der Waals surface area contributed by atoms with Crippen LogP contribution in [0.2, 0.25) is 0 Å². The highest BCUT2D eigenvalue weighted by Gasteiger charge is 2.54. The number of hydrogen-bond donors (Lipinski definition) is 6. The number of nitrogens with zero attached hydrogens (tertiary/aromatic N) is 3. The topological polar surface area (TPSA) is 214 Å². The predicted octanol–water partition coefficient (Wildman–Crippen LogP) is -3.12. The molecule has 14 nitrogen and oxygen atoms in total. The van der Waals surface area contributed by atoms with Crippen LogP contribution in [0.15, 0.2) is 9.98 Å². The third kappa shape index (κ3) is 3.11. The van der Waals surface area contributed by atoms with Gasteiger partial charge in [0.2, 0.25) is 5.96 Å². The van der Waals surface area contributed by atoms with E-state index in [1.165, 1.54) is 0 Å². The number of carbonyl (C=O) groups is 2. The van der Waals surface area contributed by atoms with E-state index in [0.29, 0.717) is 4.90 Å². The summed E-state index contributed by atoms with van der Waals surface area (Å²) in [5.41, 5.74) is -0.429. The Balaban J connectivity index is 1.98. The van der Waals surface area contributed by atoms with Gasteiger partial charge in [0.15, 0.2) is 17.8 Å². The molecule has 0 radical (unpaired) electrons. The Morgan fingerprint density at radius 1 is 1.36 bits per heavy atom. The van der Waals surface area contributed by atoms with Crippen molar-refractivity contribution < 1.29 is 43.4 Å². The number of fused-ring (bicyclic) bond motifs is 1. The lowest BCUT2D eigenvalue weighted by molar-refractivity contribution is -0.113. The van der Waals surface area contributed by atoms with Gasteiger partial charge < -0.3 is 24.7 Å². The van der Waals surface area contributed by atoms with E-state index in [2.05, 4.69) is 14.5 Å². The molecular weight excluding hydrogens is 365 g/mol. The number of hydrogen-bond acceptors (Lipinski definition) is 8. The molecule has 1 saturated heterocycles. The number of amidine groups is 1. The molecule has 0 aromatic carbocycles. The van der Waals surface area contributed by atoms with Gasteiger partial charge in [-0.1, -0.05) is 0 Å². The van der Waals surface area contributed by atoms with Crippen LogP contribution in [0.4, 0.5) is 4.79 Å². The first kappa shape index (κ1) is 17.8. The van der Waals surface area contributed by atoms with Gasteiger partial charge >= 0.3 is 13.9 Å². The van der Waals surface area contributed by atoms with Crippen LogP contribution in [0, 0.1) is 5.41 Å². The summed E-state index contributed by atoms with van der Waals surface area (Å²) in [6, 6.07) is -1.08. The van der Waals surface area contributed by atoms with Crippen LogP contribution in [0.5, 0.6) is 0 Å². The number of nitrogens with one attached hydrogen (secondary N) is 2. The zero-order valence-electron chi connectivity index (χ0n) is 12.1. The van der Waals surface area contributed by atoms with Crippen LogP contribution in [0.25, 0.3) is 0 Å². The molecule has 3 aliphatic rings. The Bertz CT molecular complexity index is 760. The molecule has 3 heterocycles. The third-order valence-electron chi connectivity index (χ3n) is 3.52. The van der Waals surface area contributed by atoms with E-state index >= 15 is 0 Å². The lowest BCUT2D eigenvalue weighted by Crippen LogP contribution is -2.53. The van der Waals surface area contributed by atoms with E-state index in [1.807, 2.05) is 5.32 Å². The Morgan fingerprint density at radius 2 is 2.04 bits per heavy atom. The van der Waals surface area contributed by atoms with Gasteiger partial charge in [-0.2, -0.15) is 9.98 Å². The zero-order valence-corrected chi connectivity index (χ0v) is 13.0. The van der Waals surface area contributed by atoms with Crippen LogP contribution in [0.3, 0.4) is 0 Å². The number of ether oxygens (including phenoxy) is 1. The summed E-state index contributed by atoms with van der Waals surface area (Å²) in [7, 11) is -5.11. The van der Waals surface area contributed by atoms with Gasteiger partial charge in [-0.15, -0.1) is 0 Å². The number of urea groups is 1. The summed E-state index contributed by atoms with van der Waals surface area (Å²) in [6.07, 6.45) is -6.43. The van der Waals surface area contributed by atoms with E-state index in [9.17, 15) is 24.4 Å². The number of phosphoric ester groups is 1. The summed E-state index contributed by atoms with van der Waals surface area (Å²) >= 11 is 0. The largest absolute Gasteiger partial charge is 0.470 e. The molecule has 0 spiro atoms. The maximum Gasteiger partial charge on any atom is 0.470 e. The minimum Gasteiger partial charge on any atom is -0.394 e. The second-order valence-electron chi connectivity index (χ2n) is 5.15. The SMILES string of the molecule is N=C1N=C2C(=NC(=O)N2[C@@H]2O[C@H](CO)[C@@H](O)[C@H]2OP(=O)(O)O)C(=O)N1. The second-order valence-corrected chi connectivity index (χ2v) is 6.34. The molecule has 15 heteroatoms. The van der Waals surface area contributed by atoms with Crippen molar-refractivity contribution in [3.05, 3.63) is 0 Å². The summed E-state index contributed by atoms with van der Waals surface area (Å²) in [4.78, 5) is 49.6. The zero-order chi connectivity index (χ0) is 18.5. The van der Waals surface area contributed by atoms with Crippen LogP contribution in [0.1, 0.15) is 0 Å². The summed E-state index contributed by atoms with van der Waals surface area (Å²) in [5, 5.41) is 28.7. The van der Waals surface area contributed by atoms with Gasteiger partial charge in [0, 0.05) is 0 Å². The average molecular weight is 377 g/mol. The molecule has 0 bridgehead atoms. The van der Waals surface area contributed by atoms with Gasteiger partial charge in [-0.05, 0) is 0 Å². The van der Waals surface area contributed by atoms with Crippen molar-refractivity contribution in [3.63, 3.8) is 0 Å². The standard InChI is InChI=1S/C10H12N5O9P/c11-9-13-6-3(7(18)14-9)12-10(19)15(6)8-5(24-25(20,21)22)4(17)2(1-16)23-8/h2,4-5,8,16-17H,1H2,(H2,11,14,18)(H2,20,21,22)/t2-,4-,5-,8-/m1/s1. The Hall–Kier alpha value is -2.06. The first-order chi connectivity index (χ1) is 11.6. The van der Waals surface area contributed by atoms with Crippen molar-refractivity contribution in [2.45, 2.75) is 24.5 Å². The van der Waals surface area contributed by atoms with Gasteiger partial charge in [0.1, 0.15) is 18.3 Å². The fourth-order valence-corrected chi connectivity index (χ4v) is 3.09. The quantitative estimate of drug-likeness (QED) is 0.273. The Morgan fingerprint density at radius 3 is 2.64 bits per heavy atom. The van der Waals surface area contributed by atoms with Crippen LogP contribution >= 0.6 is 7.82 Å². The molecule has 0 aliphatic carbocycles. The number of rotatable bonds is 4. The number of aliphatic hydroxyl groups excluding tert-OH is 2. The maximum atomic E-state index is 12.1. The maximum absolute atomic E-state index is 12.1. The lowest BCUT2D eigenvalue weighted by atomic mass is 10.1. The molecule has 3 rings (SSSR count). The molecule has 1 fully saturated rings. The highest BCUT2D eigenvalue weighted by molar-refractivity contribution is 7.46. The van der Waals surface area contributed by atoms with Crippen molar-refractivity contribution in [1.29, 1.82) is 5.41 Å². The number of carbonyl (C=O) groups excluding carboxylic acids is 2. The summed E-state index contributed by atoms with van der Waals surface area (Å²) < 4.78 is 20.9. The summed E-state index contributed by atoms with van der Waals surface area (Å²) in [5.74, 6) is -1.87. The van der Waals surface area contributed by atoms with E-state index in [1.54, 1.807) is 0 Å². The second kappa shape index (κ2) is 6.03. The first-order valence-corrected chi connectivity index (χ1v) is 8.24. The van der Waals surface area contributed by atoms with Crippen molar-refractivity contribution in [2.24, 2.45) is 9.98 Å². The Kier molecular flexibility index (Phi) is 4.28. The van der Waals surface area contributed by atoms with Crippen molar-refractivity contribution in [1.82, 2.24) is 10.2 Å². The van der Waals surface area contributed by atoms with Crippen LogP contribution in [-0.2, 0) is 18.6 Å². The van der Waals surface area contributed by atoms with E-state index in [-0.39, 0.29) is 0 Å². The normalized spacial score (nSPS) is 32.5. The minimum absolute atomic E-state index is 0.395. The lowest BCUT2D eigenvalue weighted by Gasteiger charge is -2.28. The first-order valence-electron chi connectivity index (χ1n) is 6.71. The van der Waals surface area contributed by atoms with Crippen molar-refractivity contribution in [2.75, 3.05) is 6.61 Å². The highest BCUT2D eigenvalue weighted by Crippen LogP contribution is 2.43. The molecule has 3 aliphatic heterocycles. The van der Waals surface area contributed by atoms with E-state index in [0.717, 1.165) is 0 Å². The fourth-order valence-electron chi connectivity index (χ4n) is 2.54. The van der Waals surface area contributed by atoms with Gasteiger partial charge in [-0.3, -0.25) is 20.0 Å². The molecule has 0 aromatic heterocycles. The number of aliphatic imine (C=N–C) groups is 2. The van der Waals surface area contributed by atoms with E-state index < -0.39 is 68.4 Å². The smallest absolute Gasteiger partial charge is 0.394 e. The van der Waals surface area contributed by atoms with Crippen LogP contribution in [-0.4, -0.2) is 85.5 Å². The molecular formula is C10H12N5O9P. The van der Waals surface area contributed by atoms with Gasteiger partial charge in [0.25, 0.3) is 5.91 Å². The van der Waals surface area contributed by atoms with E-state index in [4.69, 9.17) is 19.9 Å². The molecule has 0 unspecified atom stereocenters. The predicted molar refractivity (Wildman–Crippen MR) is 76.6 cm³/mol. The minimum atomic E-state index is -5.11. The third-order valence-corrected chi connectivity index (χ3v) is 4.04.